The van der Waals surface area contributed by atoms with Gasteiger partial charge in [-0.1, -0.05) is 23.7 Å². The van der Waals surface area contributed by atoms with E-state index in [0.717, 1.165) is 24.9 Å². The third kappa shape index (κ3) is 4.35. The average Bonchev–Trinajstić information content (AvgIpc) is 3.03. The van der Waals surface area contributed by atoms with Crippen LogP contribution in [-0.2, 0) is 11.3 Å². The number of benzene rings is 1. The van der Waals surface area contributed by atoms with Gasteiger partial charge in [0.15, 0.2) is 0 Å². The van der Waals surface area contributed by atoms with E-state index < -0.39 is 0 Å². The SMILES string of the molecule is NC(=O)C1CCCN1Cc1cccc(NC(=O)c2ccnc(Cl)c2)c1. The number of primary amides is 1. The molecule has 3 rings (SSSR count). The highest BCUT2D eigenvalue weighted by Crippen LogP contribution is 2.21. The summed E-state index contributed by atoms with van der Waals surface area (Å²) in [6.45, 7) is 1.47. The lowest BCUT2D eigenvalue weighted by molar-refractivity contribution is -0.122. The van der Waals surface area contributed by atoms with E-state index in [1.807, 2.05) is 24.3 Å². The lowest BCUT2D eigenvalue weighted by atomic mass is 10.1. The number of halogens is 1. The minimum absolute atomic E-state index is 0.211. The first-order chi connectivity index (χ1) is 12.0. The van der Waals surface area contributed by atoms with Crippen LogP contribution < -0.4 is 11.1 Å². The largest absolute Gasteiger partial charge is 0.368 e. The van der Waals surface area contributed by atoms with Gasteiger partial charge in [0, 0.05) is 24.0 Å². The Kier molecular flexibility index (Phi) is 5.31. The van der Waals surface area contributed by atoms with E-state index in [9.17, 15) is 9.59 Å². The Bertz CT molecular complexity index is 796. The molecule has 0 bridgehead atoms. The summed E-state index contributed by atoms with van der Waals surface area (Å²) in [6.07, 6.45) is 3.26. The van der Waals surface area contributed by atoms with E-state index in [0.29, 0.717) is 17.8 Å². The highest BCUT2D eigenvalue weighted by atomic mass is 35.5. The lowest BCUT2D eigenvalue weighted by Crippen LogP contribution is -2.39. The van der Waals surface area contributed by atoms with Gasteiger partial charge < -0.3 is 11.1 Å². The van der Waals surface area contributed by atoms with Crippen molar-refractivity contribution in [3.63, 3.8) is 0 Å². The second-order valence-electron chi connectivity index (χ2n) is 6.05. The maximum atomic E-state index is 12.3. The molecular formula is C18H19ClN4O2. The number of nitrogens with two attached hydrogens (primary N) is 1. The minimum atomic E-state index is -0.281. The zero-order chi connectivity index (χ0) is 17.8. The van der Waals surface area contributed by atoms with Crippen molar-refractivity contribution in [3.8, 4) is 0 Å². The van der Waals surface area contributed by atoms with Crippen LogP contribution in [0.2, 0.25) is 5.15 Å². The summed E-state index contributed by atoms with van der Waals surface area (Å²) in [5.41, 5.74) is 7.60. The smallest absolute Gasteiger partial charge is 0.255 e. The molecule has 1 aliphatic rings. The van der Waals surface area contributed by atoms with Gasteiger partial charge in [0.2, 0.25) is 5.91 Å². The Morgan fingerprint density at radius 2 is 2.16 bits per heavy atom. The predicted octanol–water partition coefficient (Wildman–Crippen LogP) is 2.44. The Balaban J connectivity index is 1.69. The fraction of sp³-hybridized carbons (Fsp3) is 0.278. The van der Waals surface area contributed by atoms with Gasteiger partial charge in [-0.15, -0.1) is 0 Å². The molecule has 1 fully saturated rings. The molecule has 3 N–H and O–H groups in total. The minimum Gasteiger partial charge on any atom is -0.368 e. The van der Waals surface area contributed by atoms with E-state index in [2.05, 4.69) is 15.2 Å². The number of nitrogens with zero attached hydrogens (tertiary/aromatic N) is 2. The number of carbonyl (C=O) groups excluding carboxylic acids is 2. The van der Waals surface area contributed by atoms with Gasteiger partial charge in [-0.25, -0.2) is 4.98 Å². The zero-order valence-electron chi connectivity index (χ0n) is 13.6. The first-order valence-electron chi connectivity index (χ1n) is 8.08. The van der Waals surface area contributed by atoms with Crippen molar-refractivity contribution in [1.29, 1.82) is 0 Å². The van der Waals surface area contributed by atoms with Crippen LogP contribution in [0.5, 0.6) is 0 Å². The van der Waals surface area contributed by atoms with Crippen LogP contribution in [0.25, 0.3) is 0 Å². The Morgan fingerprint density at radius 3 is 2.92 bits per heavy atom. The molecule has 1 aromatic carbocycles. The Morgan fingerprint density at radius 1 is 1.32 bits per heavy atom. The number of amides is 2. The molecule has 0 spiro atoms. The number of carbonyl (C=O) groups is 2. The number of aromatic nitrogens is 1. The molecule has 0 aliphatic carbocycles. The molecule has 25 heavy (non-hydrogen) atoms. The van der Waals surface area contributed by atoms with Gasteiger partial charge in [0.25, 0.3) is 5.91 Å². The van der Waals surface area contributed by atoms with E-state index in [1.165, 1.54) is 12.3 Å². The topological polar surface area (TPSA) is 88.3 Å². The summed E-state index contributed by atoms with van der Waals surface area (Å²) < 4.78 is 0. The zero-order valence-corrected chi connectivity index (χ0v) is 14.4. The summed E-state index contributed by atoms with van der Waals surface area (Å²) in [6, 6.07) is 10.5. The molecule has 130 valence electrons. The highest BCUT2D eigenvalue weighted by Gasteiger charge is 2.28. The van der Waals surface area contributed by atoms with Crippen molar-refractivity contribution in [3.05, 3.63) is 58.9 Å². The van der Waals surface area contributed by atoms with Crippen LogP contribution in [0.3, 0.4) is 0 Å². The number of pyridine rings is 1. The molecule has 2 aromatic rings. The first kappa shape index (κ1) is 17.4. The molecule has 1 aliphatic heterocycles. The maximum Gasteiger partial charge on any atom is 0.255 e. The lowest BCUT2D eigenvalue weighted by Gasteiger charge is -2.22. The van der Waals surface area contributed by atoms with Crippen molar-refractivity contribution in [1.82, 2.24) is 9.88 Å². The molecule has 1 unspecified atom stereocenters. The van der Waals surface area contributed by atoms with Crippen LogP contribution in [0.4, 0.5) is 5.69 Å². The van der Waals surface area contributed by atoms with Gasteiger partial charge in [-0.3, -0.25) is 14.5 Å². The average molecular weight is 359 g/mol. The fourth-order valence-electron chi connectivity index (χ4n) is 3.07. The monoisotopic (exact) mass is 358 g/mol. The van der Waals surface area contributed by atoms with Gasteiger partial charge in [0.1, 0.15) is 5.15 Å². The molecule has 1 aromatic heterocycles. The molecular weight excluding hydrogens is 340 g/mol. The number of hydrogen-bond acceptors (Lipinski definition) is 4. The van der Waals surface area contributed by atoms with E-state index in [4.69, 9.17) is 17.3 Å². The van der Waals surface area contributed by atoms with Crippen molar-refractivity contribution >= 4 is 29.1 Å². The van der Waals surface area contributed by atoms with Crippen LogP contribution >= 0.6 is 11.6 Å². The molecule has 7 heteroatoms. The van der Waals surface area contributed by atoms with Crippen LogP contribution in [0.15, 0.2) is 42.6 Å². The number of hydrogen-bond donors (Lipinski definition) is 2. The quantitative estimate of drug-likeness (QED) is 0.803. The van der Waals surface area contributed by atoms with Crippen LogP contribution in [-0.4, -0.2) is 34.3 Å². The normalized spacial score (nSPS) is 17.4. The maximum absolute atomic E-state index is 12.3. The summed E-state index contributed by atoms with van der Waals surface area (Å²) >= 11 is 5.82. The molecule has 1 atom stereocenters. The van der Waals surface area contributed by atoms with Crippen LogP contribution in [0, 0.1) is 0 Å². The van der Waals surface area contributed by atoms with Gasteiger partial charge >= 0.3 is 0 Å². The van der Waals surface area contributed by atoms with Crippen molar-refractivity contribution in [2.45, 2.75) is 25.4 Å². The summed E-state index contributed by atoms with van der Waals surface area (Å²) in [4.78, 5) is 29.7. The molecule has 6 nitrogen and oxygen atoms in total. The van der Waals surface area contributed by atoms with E-state index in [1.54, 1.807) is 6.07 Å². The summed E-state index contributed by atoms with van der Waals surface area (Å²) in [7, 11) is 0. The van der Waals surface area contributed by atoms with Gasteiger partial charge in [-0.2, -0.15) is 0 Å². The number of likely N-dealkylation sites (tertiary alicyclic amines) is 1. The number of rotatable bonds is 5. The molecule has 0 radical (unpaired) electrons. The van der Waals surface area contributed by atoms with Crippen LogP contribution in [0.1, 0.15) is 28.8 Å². The first-order valence-corrected chi connectivity index (χ1v) is 8.46. The van der Waals surface area contributed by atoms with Crippen molar-refractivity contribution < 1.29 is 9.59 Å². The Labute approximate surface area is 151 Å². The van der Waals surface area contributed by atoms with Crippen molar-refractivity contribution in [2.24, 2.45) is 5.73 Å². The van der Waals surface area contributed by atoms with Gasteiger partial charge in [0.05, 0.1) is 6.04 Å². The molecule has 2 amide bonds. The van der Waals surface area contributed by atoms with E-state index >= 15 is 0 Å². The predicted molar refractivity (Wildman–Crippen MR) is 96.3 cm³/mol. The van der Waals surface area contributed by atoms with E-state index in [-0.39, 0.29) is 23.0 Å². The second-order valence-corrected chi connectivity index (χ2v) is 6.44. The number of anilines is 1. The third-order valence-electron chi connectivity index (χ3n) is 4.25. The molecule has 0 saturated carbocycles. The summed E-state index contributed by atoms with van der Waals surface area (Å²) in [5.74, 6) is -0.533. The molecule has 1 saturated heterocycles. The fourth-order valence-corrected chi connectivity index (χ4v) is 3.24. The Hall–Kier alpha value is -2.44. The summed E-state index contributed by atoms with van der Waals surface area (Å²) in [5, 5.41) is 3.12. The standard InChI is InChI=1S/C18H19ClN4O2/c19-16-10-13(6-7-21-16)18(25)22-14-4-1-3-12(9-14)11-23-8-2-5-15(23)17(20)24/h1,3-4,6-7,9-10,15H,2,5,8,11H2,(H2,20,24)(H,22,25). The number of nitrogens with one attached hydrogen (secondary N) is 1. The van der Waals surface area contributed by atoms with Gasteiger partial charge in [-0.05, 0) is 49.2 Å². The highest BCUT2D eigenvalue weighted by molar-refractivity contribution is 6.29. The van der Waals surface area contributed by atoms with Crippen molar-refractivity contribution in [2.75, 3.05) is 11.9 Å². The third-order valence-corrected chi connectivity index (χ3v) is 4.46. The molecule has 2 heterocycles. The second kappa shape index (κ2) is 7.63.